The second kappa shape index (κ2) is 5.99. The maximum absolute atomic E-state index is 9.12. The highest BCUT2D eigenvalue weighted by Crippen LogP contribution is 2.42. The van der Waals surface area contributed by atoms with Gasteiger partial charge in [0.15, 0.2) is 11.0 Å². The molecule has 7 nitrogen and oxygen atoms in total. The number of aromatic nitrogens is 3. The standard InChI is InChI=1S/C18H19ClN6O/c1-10-4-15(11(2)22-13(10)7-20)26-12-6-18(3)9-21-17-14(25(18)8-12)5-16(19)23-24-17/h4-5,12H,6,8-9H2,1-3H3,(H,21,24)/t12-,18+/m1/s1. The predicted octanol–water partition coefficient (Wildman–Crippen LogP) is 2.86. The first kappa shape index (κ1) is 16.9. The number of halogens is 1. The van der Waals surface area contributed by atoms with Crippen molar-refractivity contribution in [3.05, 3.63) is 34.2 Å². The van der Waals surface area contributed by atoms with Gasteiger partial charge in [-0.15, -0.1) is 10.2 Å². The number of nitrogens with zero attached hydrogens (tertiary/aromatic N) is 5. The fraction of sp³-hybridized carbons (Fsp3) is 0.444. The Labute approximate surface area is 157 Å². The van der Waals surface area contributed by atoms with E-state index < -0.39 is 0 Å². The Morgan fingerprint density at radius 2 is 2.19 bits per heavy atom. The van der Waals surface area contributed by atoms with Gasteiger partial charge >= 0.3 is 0 Å². The first-order chi connectivity index (χ1) is 12.4. The predicted molar refractivity (Wildman–Crippen MR) is 98.7 cm³/mol. The summed E-state index contributed by atoms with van der Waals surface area (Å²) in [6.07, 6.45) is 0.866. The highest BCUT2D eigenvalue weighted by Gasteiger charge is 2.46. The maximum atomic E-state index is 9.12. The summed E-state index contributed by atoms with van der Waals surface area (Å²) in [5.74, 6) is 1.48. The third-order valence-corrected chi connectivity index (χ3v) is 5.32. The van der Waals surface area contributed by atoms with Gasteiger partial charge in [-0.05, 0) is 32.4 Å². The number of hydrogen-bond acceptors (Lipinski definition) is 7. The first-order valence-corrected chi connectivity index (χ1v) is 8.87. The second-order valence-corrected chi connectivity index (χ2v) is 7.54. The van der Waals surface area contributed by atoms with Gasteiger partial charge in [-0.3, -0.25) is 0 Å². The summed E-state index contributed by atoms with van der Waals surface area (Å²) < 4.78 is 6.28. The van der Waals surface area contributed by atoms with Crippen LogP contribution >= 0.6 is 11.6 Å². The van der Waals surface area contributed by atoms with Crippen molar-refractivity contribution in [1.82, 2.24) is 15.2 Å². The fourth-order valence-corrected chi connectivity index (χ4v) is 3.92. The molecule has 1 saturated heterocycles. The van der Waals surface area contributed by atoms with Gasteiger partial charge in [0, 0.05) is 19.0 Å². The van der Waals surface area contributed by atoms with E-state index in [1.54, 1.807) is 0 Å². The molecular formula is C18H19ClN6O. The second-order valence-electron chi connectivity index (χ2n) is 7.16. The van der Waals surface area contributed by atoms with Crippen LogP contribution in [0.4, 0.5) is 11.5 Å². The number of nitrogens with one attached hydrogen (secondary N) is 1. The molecule has 2 aliphatic heterocycles. The van der Waals surface area contributed by atoms with Crippen LogP contribution < -0.4 is 15.0 Å². The van der Waals surface area contributed by atoms with E-state index in [2.05, 4.69) is 38.4 Å². The first-order valence-electron chi connectivity index (χ1n) is 8.49. The molecule has 26 heavy (non-hydrogen) atoms. The molecule has 0 aromatic carbocycles. The number of nitriles is 1. The maximum Gasteiger partial charge on any atom is 0.172 e. The number of fused-ring (bicyclic) bond motifs is 3. The van der Waals surface area contributed by atoms with Crippen LogP contribution in [0.15, 0.2) is 12.1 Å². The van der Waals surface area contributed by atoms with Gasteiger partial charge in [-0.25, -0.2) is 4.98 Å². The summed E-state index contributed by atoms with van der Waals surface area (Å²) in [5, 5.41) is 20.9. The van der Waals surface area contributed by atoms with Crippen molar-refractivity contribution < 1.29 is 4.74 Å². The Morgan fingerprint density at radius 3 is 2.96 bits per heavy atom. The zero-order chi connectivity index (χ0) is 18.5. The van der Waals surface area contributed by atoms with E-state index in [4.69, 9.17) is 21.6 Å². The smallest absolute Gasteiger partial charge is 0.172 e. The van der Waals surface area contributed by atoms with Crippen LogP contribution in [-0.2, 0) is 0 Å². The number of hydrogen-bond donors (Lipinski definition) is 1. The van der Waals surface area contributed by atoms with Crippen LogP contribution in [0.3, 0.4) is 0 Å². The van der Waals surface area contributed by atoms with E-state index in [0.29, 0.717) is 10.8 Å². The Kier molecular flexibility index (Phi) is 3.88. The number of aryl methyl sites for hydroxylation is 2. The molecule has 0 aliphatic carbocycles. The average molecular weight is 371 g/mol. The highest BCUT2D eigenvalue weighted by molar-refractivity contribution is 6.29. The molecule has 0 saturated carbocycles. The van der Waals surface area contributed by atoms with E-state index in [0.717, 1.165) is 48.0 Å². The van der Waals surface area contributed by atoms with Gasteiger partial charge in [-0.1, -0.05) is 11.6 Å². The van der Waals surface area contributed by atoms with E-state index in [1.165, 1.54) is 0 Å². The normalized spacial score (nSPS) is 23.7. The molecule has 2 atom stereocenters. The van der Waals surface area contributed by atoms with E-state index >= 15 is 0 Å². The quantitative estimate of drug-likeness (QED) is 0.869. The zero-order valence-corrected chi connectivity index (χ0v) is 15.6. The molecule has 0 unspecified atom stereocenters. The lowest BCUT2D eigenvalue weighted by atomic mass is 9.96. The zero-order valence-electron chi connectivity index (χ0n) is 14.9. The van der Waals surface area contributed by atoms with Crippen LogP contribution in [0.25, 0.3) is 0 Å². The Hall–Kier alpha value is -2.59. The van der Waals surface area contributed by atoms with Gasteiger partial charge in [0.2, 0.25) is 0 Å². The van der Waals surface area contributed by atoms with Crippen molar-refractivity contribution in [2.75, 3.05) is 23.3 Å². The topological polar surface area (TPSA) is 87.0 Å². The number of pyridine rings is 1. The molecule has 0 amide bonds. The third kappa shape index (κ3) is 2.71. The molecule has 4 heterocycles. The summed E-state index contributed by atoms with van der Waals surface area (Å²) in [7, 11) is 0. The molecule has 0 bridgehead atoms. The van der Waals surface area contributed by atoms with Crippen molar-refractivity contribution in [3.8, 4) is 11.8 Å². The summed E-state index contributed by atoms with van der Waals surface area (Å²) in [4.78, 5) is 6.64. The molecule has 2 aromatic heterocycles. The van der Waals surface area contributed by atoms with Gasteiger partial charge in [0.05, 0.1) is 23.5 Å². The van der Waals surface area contributed by atoms with Gasteiger partial charge < -0.3 is 15.0 Å². The molecule has 2 aliphatic rings. The van der Waals surface area contributed by atoms with Crippen LogP contribution in [0.2, 0.25) is 5.15 Å². The number of rotatable bonds is 2. The lowest BCUT2D eigenvalue weighted by Gasteiger charge is -2.41. The fourth-order valence-electron chi connectivity index (χ4n) is 3.78. The van der Waals surface area contributed by atoms with Gasteiger partial charge in [0.1, 0.15) is 23.6 Å². The van der Waals surface area contributed by atoms with Gasteiger partial charge in [-0.2, -0.15) is 5.26 Å². The molecule has 1 fully saturated rings. The summed E-state index contributed by atoms with van der Waals surface area (Å²) in [6, 6.07) is 5.85. The van der Waals surface area contributed by atoms with E-state index in [-0.39, 0.29) is 11.6 Å². The molecule has 4 rings (SSSR count). The lowest BCUT2D eigenvalue weighted by molar-refractivity contribution is 0.211. The Bertz CT molecular complexity index is 927. The van der Waals surface area contributed by atoms with Crippen molar-refractivity contribution in [2.45, 2.75) is 38.8 Å². The van der Waals surface area contributed by atoms with Crippen molar-refractivity contribution in [3.63, 3.8) is 0 Å². The number of anilines is 2. The van der Waals surface area contributed by atoms with Crippen LogP contribution in [0.1, 0.15) is 30.3 Å². The SMILES string of the molecule is Cc1cc(O[C@H]2CN3c4cc(Cl)nnc4NC[C@]3(C)C2)c(C)nc1C#N. The molecular weight excluding hydrogens is 352 g/mol. The minimum absolute atomic E-state index is 0.00697. The van der Waals surface area contributed by atoms with Gasteiger partial charge in [0.25, 0.3) is 0 Å². The average Bonchev–Trinajstić information content (AvgIpc) is 2.94. The minimum atomic E-state index is -0.0903. The lowest BCUT2D eigenvalue weighted by Crippen LogP contribution is -2.50. The number of ether oxygens (including phenoxy) is 1. The summed E-state index contributed by atoms with van der Waals surface area (Å²) in [5.41, 5.74) is 2.86. The highest BCUT2D eigenvalue weighted by atomic mass is 35.5. The third-order valence-electron chi connectivity index (χ3n) is 5.13. The molecule has 1 N–H and O–H groups in total. The minimum Gasteiger partial charge on any atom is -0.487 e. The van der Waals surface area contributed by atoms with E-state index in [1.807, 2.05) is 26.0 Å². The Morgan fingerprint density at radius 1 is 1.38 bits per heavy atom. The Balaban J connectivity index is 1.61. The van der Waals surface area contributed by atoms with Crippen LogP contribution in [-0.4, -0.2) is 39.9 Å². The summed E-state index contributed by atoms with van der Waals surface area (Å²) in [6.45, 7) is 7.44. The summed E-state index contributed by atoms with van der Waals surface area (Å²) >= 11 is 6.05. The van der Waals surface area contributed by atoms with Crippen LogP contribution in [0.5, 0.6) is 5.75 Å². The molecule has 134 valence electrons. The van der Waals surface area contributed by atoms with Crippen molar-refractivity contribution >= 4 is 23.1 Å². The molecule has 2 aromatic rings. The monoisotopic (exact) mass is 370 g/mol. The molecule has 0 radical (unpaired) electrons. The molecule has 0 spiro atoms. The largest absolute Gasteiger partial charge is 0.487 e. The van der Waals surface area contributed by atoms with E-state index in [9.17, 15) is 0 Å². The van der Waals surface area contributed by atoms with Crippen molar-refractivity contribution in [2.24, 2.45) is 0 Å². The molecule has 8 heteroatoms. The van der Waals surface area contributed by atoms with Crippen LogP contribution in [0, 0.1) is 25.2 Å². The van der Waals surface area contributed by atoms with Crippen molar-refractivity contribution in [1.29, 1.82) is 5.26 Å².